The lowest BCUT2D eigenvalue weighted by Gasteiger charge is -1.94. The number of rotatable bonds is 5. The second-order valence-corrected chi connectivity index (χ2v) is 2.59. The van der Waals surface area contributed by atoms with Crippen molar-refractivity contribution in [3.05, 3.63) is 30.1 Å². The number of allylic oxidation sites excluding steroid dienone is 1. The largest absolute Gasteiger partial charge is 0.378 e. The second-order valence-electron chi connectivity index (χ2n) is 2.59. The molecule has 1 aromatic rings. The number of ether oxygens (including phenoxy) is 1. The zero-order chi connectivity index (χ0) is 9.68. The Balaban J connectivity index is 2.89. The number of carbonyl (C=O) groups is 1. The molecule has 0 bridgehead atoms. The molecule has 0 unspecified atom stereocenters. The number of aromatic nitrogens is 2. The van der Waals surface area contributed by atoms with Crippen molar-refractivity contribution in [2.75, 3.05) is 7.11 Å². The van der Waals surface area contributed by atoms with E-state index < -0.39 is 0 Å². The first-order valence-corrected chi connectivity index (χ1v) is 3.93. The van der Waals surface area contributed by atoms with E-state index in [-0.39, 0.29) is 0 Å². The smallest absolute Gasteiger partial charge is 0.153 e. The fourth-order valence-electron chi connectivity index (χ4n) is 1.05. The molecule has 0 aromatic carbocycles. The molecule has 1 heterocycles. The Hall–Kier alpha value is -1.42. The van der Waals surface area contributed by atoms with Gasteiger partial charge in [0.05, 0.1) is 24.4 Å². The third kappa shape index (κ3) is 2.26. The number of hydrogen-bond acceptors (Lipinski definition) is 3. The minimum absolute atomic E-state index is 0.359. The summed E-state index contributed by atoms with van der Waals surface area (Å²) in [4.78, 5) is 10.6. The Kier molecular flexibility index (Phi) is 3.40. The van der Waals surface area contributed by atoms with Crippen molar-refractivity contribution in [1.82, 2.24) is 9.78 Å². The molecule has 70 valence electrons. The van der Waals surface area contributed by atoms with Crippen LogP contribution in [0.5, 0.6) is 0 Å². The molecule has 0 radical (unpaired) electrons. The van der Waals surface area contributed by atoms with E-state index in [1.165, 1.54) is 0 Å². The van der Waals surface area contributed by atoms with Crippen LogP contribution in [0, 0.1) is 0 Å². The summed E-state index contributed by atoms with van der Waals surface area (Å²) in [6, 6.07) is 0. The molecule has 4 heteroatoms. The second kappa shape index (κ2) is 4.57. The lowest BCUT2D eigenvalue weighted by atomic mass is 10.3. The van der Waals surface area contributed by atoms with Crippen LogP contribution >= 0.6 is 0 Å². The molecule has 0 saturated carbocycles. The zero-order valence-electron chi connectivity index (χ0n) is 7.56. The molecule has 0 saturated heterocycles. The third-order valence-electron chi connectivity index (χ3n) is 1.59. The van der Waals surface area contributed by atoms with Crippen molar-refractivity contribution >= 4 is 6.29 Å². The van der Waals surface area contributed by atoms with Crippen molar-refractivity contribution in [2.45, 2.75) is 13.2 Å². The van der Waals surface area contributed by atoms with E-state index in [2.05, 4.69) is 11.7 Å². The molecule has 0 aliphatic heterocycles. The highest BCUT2D eigenvalue weighted by Crippen LogP contribution is 2.05. The molecule has 0 fully saturated rings. The molecule has 1 rings (SSSR count). The monoisotopic (exact) mass is 180 g/mol. The van der Waals surface area contributed by atoms with Crippen LogP contribution in [0.1, 0.15) is 16.1 Å². The minimum Gasteiger partial charge on any atom is -0.378 e. The van der Waals surface area contributed by atoms with Crippen molar-refractivity contribution < 1.29 is 9.53 Å². The van der Waals surface area contributed by atoms with Gasteiger partial charge >= 0.3 is 0 Å². The van der Waals surface area contributed by atoms with Gasteiger partial charge < -0.3 is 4.74 Å². The first kappa shape index (κ1) is 9.67. The van der Waals surface area contributed by atoms with Crippen LogP contribution in [0.3, 0.4) is 0 Å². The number of aldehydes is 1. The quantitative estimate of drug-likeness (QED) is 0.502. The van der Waals surface area contributed by atoms with Gasteiger partial charge in [-0.15, -0.1) is 6.58 Å². The summed E-state index contributed by atoms with van der Waals surface area (Å²) in [7, 11) is 1.57. The molecule has 0 atom stereocenters. The molecule has 0 N–H and O–H groups in total. The van der Waals surface area contributed by atoms with Crippen molar-refractivity contribution in [3.8, 4) is 0 Å². The first-order chi connectivity index (χ1) is 6.31. The predicted octanol–water partition coefficient (Wildman–Crippen LogP) is 1.03. The molecule has 1 aromatic heterocycles. The average molecular weight is 180 g/mol. The van der Waals surface area contributed by atoms with E-state index in [9.17, 15) is 4.79 Å². The summed E-state index contributed by atoms with van der Waals surface area (Å²) in [5.41, 5.74) is 1.24. The van der Waals surface area contributed by atoms with Gasteiger partial charge in [-0.1, -0.05) is 6.08 Å². The molecule has 0 aliphatic carbocycles. The lowest BCUT2D eigenvalue weighted by Crippen LogP contribution is -1.97. The fourth-order valence-corrected chi connectivity index (χ4v) is 1.05. The normalized spacial score (nSPS) is 9.92. The van der Waals surface area contributed by atoms with Gasteiger partial charge in [0.25, 0.3) is 0 Å². The highest BCUT2D eigenvalue weighted by atomic mass is 16.5. The van der Waals surface area contributed by atoms with E-state index in [0.29, 0.717) is 24.4 Å². The molecule has 13 heavy (non-hydrogen) atoms. The summed E-state index contributed by atoms with van der Waals surface area (Å²) >= 11 is 0. The molecule has 0 aliphatic rings. The van der Waals surface area contributed by atoms with Crippen LogP contribution in [0.25, 0.3) is 0 Å². The SMILES string of the molecule is C=CCn1cc(C=O)c(COC)n1. The Morgan fingerprint density at radius 3 is 3.08 bits per heavy atom. The average Bonchev–Trinajstić information content (AvgIpc) is 2.49. The number of nitrogens with zero attached hydrogens (tertiary/aromatic N) is 2. The van der Waals surface area contributed by atoms with Crippen molar-refractivity contribution in [1.29, 1.82) is 0 Å². The Labute approximate surface area is 76.8 Å². The zero-order valence-corrected chi connectivity index (χ0v) is 7.56. The van der Waals surface area contributed by atoms with E-state index in [4.69, 9.17) is 4.74 Å². The Morgan fingerprint density at radius 2 is 2.54 bits per heavy atom. The van der Waals surface area contributed by atoms with Gasteiger partial charge in [0, 0.05) is 13.3 Å². The van der Waals surface area contributed by atoms with Gasteiger partial charge in [0.1, 0.15) is 0 Å². The highest BCUT2D eigenvalue weighted by molar-refractivity contribution is 5.75. The first-order valence-electron chi connectivity index (χ1n) is 3.93. The third-order valence-corrected chi connectivity index (χ3v) is 1.59. The Bertz CT molecular complexity index is 305. The maximum Gasteiger partial charge on any atom is 0.153 e. The number of methoxy groups -OCH3 is 1. The molecular weight excluding hydrogens is 168 g/mol. The number of hydrogen-bond donors (Lipinski definition) is 0. The standard InChI is InChI=1S/C9H12N2O2/c1-3-4-11-5-8(6-12)9(10-11)7-13-2/h3,5-6H,1,4,7H2,2H3. The Morgan fingerprint density at radius 1 is 1.77 bits per heavy atom. The summed E-state index contributed by atoms with van der Waals surface area (Å²) in [5.74, 6) is 0. The molecule has 0 amide bonds. The van der Waals surface area contributed by atoms with Gasteiger partial charge in [-0.2, -0.15) is 5.10 Å². The molecule has 4 nitrogen and oxygen atoms in total. The molecular formula is C9H12N2O2. The van der Waals surface area contributed by atoms with Crippen LogP contribution in [0.15, 0.2) is 18.9 Å². The van der Waals surface area contributed by atoms with Gasteiger partial charge in [0.15, 0.2) is 6.29 Å². The summed E-state index contributed by atoms with van der Waals surface area (Å²) in [6.45, 7) is 4.55. The number of carbonyl (C=O) groups excluding carboxylic acids is 1. The lowest BCUT2D eigenvalue weighted by molar-refractivity contribution is 0.111. The maximum atomic E-state index is 10.6. The van der Waals surface area contributed by atoms with Crippen LogP contribution in [-0.2, 0) is 17.9 Å². The van der Waals surface area contributed by atoms with Gasteiger partial charge in [-0.05, 0) is 0 Å². The van der Waals surface area contributed by atoms with E-state index in [0.717, 1.165) is 6.29 Å². The van der Waals surface area contributed by atoms with Crippen LogP contribution in [0.4, 0.5) is 0 Å². The van der Waals surface area contributed by atoms with Gasteiger partial charge in [0.2, 0.25) is 0 Å². The van der Waals surface area contributed by atoms with Gasteiger partial charge in [-0.3, -0.25) is 9.48 Å². The van der Waals surface area contributed by atoms with Crippen LogP contribution in [0.2, 0.25) is 0 Å². The summed E-state index contributed by atoms with van der Waals surface area (Å²) < 4.78 is 6.56. The topological polar surface area (TPSA) is 44.1 Å². The van der Waals surface area contributed by atoms with Gasteiger partial charge in [-0.25, -0.2) is 0 Å². The fraction of sp³-hybridized carbons (Fsp3) is 0.333. The van der Waals surface area contributed by atoms with E-state index >= 15 is 0 Å². The van der Waals surface area contributed by atoms with Crippen molar-refractivity contribution in [2.24, 2.45) is 0 Å². The highest BCUT2D eigenvalue weighted by Gasteiger charge is 2.06. The van der Waals surface area contributed by atoms with Crippen LogP contribution < -0.4 is 0 Å². The maximum absolute atomic E-state index is 10.6. The molecule has 0 spiro atoms. The predicted molar refractivity (Wildman–Crippen MR) is 48.5 cm³/mol. The van der Waals surface area contributed by atoms with Crippen molar-refractivity contribution in [3.63, 3.8) is 0 Å². The summed E-state index contributed by atoms with van der Waals surface area (Å²) in [6.07, 6.45) is 4.18. The van der Waals surface area contributed by atoms with E-state index in [1.807, 2.05) is 0 Å². The van der Waals surface area contributed by atoms with E-state index in [1.54, 1.807) is 24.1 Å². The summed E-state index contributed by atoms with van der Waals surface area (Å²) in [5, 5.41) is 4.15. The van der Waals surface area contributed by atoms with Crippen LogP contribution in [-0.4, -0.2) is 23.2 Å². The minimum atomic E-state index is 0.359.